The third kappa shape index (κ3) is 6.06. The highest BCUT2D eigenvalue weighted by Crippen LogP contribution is 2.29. The van der Waals surface area contributed by atoms with E-state index in [1.165, 1.54) is 36.4 Å². The van der Waals surface area contributed by atoms with Crippen molar-refractivity contribution in [3.05, 3.63) is 65.2 Å². The van der Waals surface area contributed by atoms with Gasteiger partial charge in [0.05, 0.1) is 12.0 Å². The van der Waals surface area contributed by atoms with Crippen LogP contribution in [0.3, 0.4) is 0 Å². The fourth-order valence-electron chi connectivity index (χ4n) is 2.01. The Labute approximate surface area is 140 Å². The zero-order chi connectivity index (χ0) is 18.4. The smallest absolute Gasteiger partial charge is 0.416 e. The van der Waals surface area contributed by atoms with E-state index in [0.717, 1.165) is 12.1 Å². The van der Waals surface area contributed by atoms with Gasteiger partial charge >= 0.3 is 18.8 Å². The van der Waals surface area contributed by atoms with Crippen LogP contribution in [0.5, 0.6) is 5.75 Å². The second-order valence-electron chi connectivity index (χ2n) is 5.06. The lowest BCUT2D eigenvalue weighted by Gasteiger charge is -2.09. The van der Waals surface area contributed by atoms with Crippen LogP contribution < -0.4 is 4.74 Å². The monoisotopic (exact) mass is 360 g/mol. The van der Waals surface area contributed by atoms with Crippen LogP contribution in [0.25, 0.3) is 0 Å². The Bertz CT molecular complexity index is 711. The van der Waals surface area contributed by atoms with E-state index in [-0.39, 0.29) is 24.3 Å². The molecule has 0 spiro atoms. The second-order valence-corrected chi connectivity index (χ2v) is 5.06. The molecule has 0 aromatic heterocycles. The molecule has 0 aliphatic heterocycles. The molecule has 0 aliphatic rings. The summed E-state index contributed by atoms with van der Waals surface area (Å²) in [6, 6.07) is 9.88. The summed E-state index contributed by atoms with van der Waals surface area (Å²) >= 11 is 0. The molecule has 2 aromatic rings. The predicted molar refractivity (Wildman–Crippen MR) is 78.0 cm³/mol. The average Bonchev–Trinajstić information content (AvgIpc) is 2.54. The Kier molecular flexibility index (Phi) is 5.95. The Balaban J connectivity index is 1.88. The molecule has 0 aliphatic carbocycles. The molecule has 0 radical (unpaired) electrons. The Morgan fingerprint density at radius 1 is 1.00 bits per heavy atom. The van der Waals surface area contributed by atoms with E-state index in [0.29, 0.717) is 5.56 Å². The van der Waals surface area contributed by atoms with E-state index in [2.05, 4.69) is 4.74 Å². The average molecular weight is 360 g/mol. The molecular formula is C17H13F5O3. The maximum atomic E-state index is 12.6. The molecule has 2 aromatic carbocycles. The minimum Gasteiger partial charge on any atom is -0.461 e. The van der Waals surface area contributed by atoms with Gasteiger partial charge in [-0.1, -0.05) is 24.3 Å². The molecule has 0 saturated heterocycles. The molecule has 0 amide bonds. The van der Waals surface area contributed by atoms with Crippen LogP contribution in [0.2, 0.25) is 0 Å². The molecule has 0 heterocycles. The molecule has 0 unspecified atom stereocenters. The lowest BCUT2D eigenvalue weighted by Crippen LogP contribution is -2.09. The van der Waals surface area contributed by atoms with Gasteiger partial charge in [-0.3, -0.25) is 4.79 Å². The van der Waals surface area contributed by atoms with E-state index in [9.17, 15) is 26.7 Å². The fraction of sp³-hybridized carbons (Fsp3) is 0.235. The van der Waals surface area contributed by atoms with Gasteiger partial charge in [-0.25, -0.2) is 0 Å². The van der Waals surface area contributed by atoms with Gasteiger partial charge in [-0.15, -0.1) is 0 Å². The van der Waals surface area contributed by atoms with E-state index in [4.69, 9.17) is 4.74 Å². The fourth-order valence-corrected chi connectivity index (χ4v) is 2.01. The maximum Gasteiger partial charge on any atom is 0.416 e. The largest absolute Gasteiger partial charge is 0.461 e. The van der Waals surface area contributed by atoms with Crippen molar-refractivity contribution < 1.29 is 36.2 Å². The number of carbonyl (C=O) groups is 1. The molecule has 25 heavy (non-hydrogen) atoms. The first-order valence-corrected chi connectivity index (χ1v) is 7.09. The van der Waals surface area contributed by atoms with Crippen molar-refractivity contribution >= 4 is 5.97 Å². The van der Waals surface area contributed by atoms with Crippen LogP contribution in [0, 0.1) is 0 Å². The number of ether oxygens (including phenoxy) is 2. The van der Waals surface area contributed by atoms with E-state index in [1.807, 2.05) is 0 Å². The molecular weight excluding hydrogens is 347 g/mol. The summed E-state index contributed by atoms with van der Waals surface area (Å²) in [4.78, 5) is 11.7. The minimum atomic E-state index is -4.47. The molecule has 8 heteroatoms. The summed E-state index contributed by atoms with van der Waals surface area (Å²) in [5, 5.41) is 0. The lowest BCUT2D eigenvalue weighted by molar-refractivity contribution is -0.144. The Hall–Kier alpha value is -2.64. The van der Waals surface area contributed by atoms with Crippen molar-refractivity contribution in [2.24, 2.45) is 0 Å². The second kappa shape index (κ2) is 7.96. The first kappa shape index (κ1) is 18.7. The zero-order valence-electron chi connectivity index (χ0n) is 12.7. The highest BCUT2D eigenvalue weighted by atomic mass is 19.4. The molecule has 0 fully saturated rings. The van der Waals surface area contributed by atoms with Gasteiger partial charge in [0.25, 0.3) is 0 Å². The molecule has 0 bridgehead atoms. The number of hydrogen-bond donors (Lipinski definition) is 0. The van der Waals surface area contributed by atoms with Crippen molar-refractivity contribution in [3.63, 3.8) is 0 Å². The Morgan fingerprint density at radius 2 is 1.68 bits per heavy atom. The van der Waals surface area contributed by atoms with Gasteiger partial charge in [-0.2, -0.15) is 22.0 Å². The topological polar surface area (TPSA) is 35.5 Å². The number of carbonyl (C=O) groups excluding carboxylic acids is 1. The van der Waals surface area contributed by atoms with Crippen molar-refractivity contribution in [1.82, 2.24) is 0 Å². The molecule has 0 atom stereocenters. The number of esters is 1. The third-order valence-electron chi connectivity index (χ3n) is 3.15. The summed E-state index contributed by atoms with van der Waals surface area (Å²) in [5.74, 6) is -0.698. The molecule has 2 rings (SSSR count). The number of halogens is 5. The number of alkyl halides is 5. The SMILES string of the molecule is O=C(Cc1ccc(OC(F)F)cc1)OCc1cccc(C(F)(F)F)c1. The van der Waals surface area contributed by atoms with E-state index >= 15 is 0 Å². The van der Waals surface area contributed by atoms with Crippen LogP contribution in [0.4, 0.5) is 22.0 Å². The zero-order valence-corrected chi connectivity index (χ0v) is 12.7. The van der Waals surface area contributed by atoms with Gasteiger partial charge in [0.1, 0.15) is 12.4 Å². The minimum absolute atomic E-state index is 0.0453. The van der Waals surface area contributed by atoms with Crippen molar-refractivity contribution in [2.75, 3.05) is 0 Å². The van der Waals surface area contributed by atoms with Crippen molar-refractivity contribution in [2.45, 2.75) is 25.8 Å². The number of benzene rings is 2. The molecule has 0 N–H and O–H groups in total. The summed E-state index contributed by atoms with van der Waals surface area (Å²) < 4.78 is 71.0. The first-order valence-electron chi connectivity index (χ1n) is 7.09. The highest BCUT2D eigenvalue weighted by molar-refractivity contribution is 5.72. The van der Waals surface area contributed by atoms with Crippen molar-refractivity contribution in [1.29, 1.82) is 0 Å². The molecule has 3 nitrogen and oxygen atoms in total. The first-order chi connectivity index (χ1) is 11.7. The molecule has 0 saturated carbocycles. The van der Waals surface area contributed by atoms with Gasteiger partial charge in [-0.05, 0) is 35.4 Å². The quantitative estimate of drug-likeness (QED) is 0.558. The van der Waals surface area contributed by atoms with Crippen LogP contribution >= 0.6 is 0 Å². The summed E-state index contributed by atoms with van der Waals surface area (Å²) in [6.45, 7) is -3.24. The standard InChI is InChI=1S/C17H13F5O3/c18-16(19)25-14-6-4-11(5-7-14)9-15(23)24-10-12-2-1-3-13(8-12)17(20,21)22/h1-8,16H,9-10H2. The van der Waals surface area contributed by atoms with Gasteiger partial charge in [0.15, 0.2) is 0 Å². The number of hydrogen-bond acceptors (Lipinski definition) is 3. The summed E-state index contributed by atoms with van der Waals surface area (Å²) in [6.07, 6.45) is -4.62. The number of rotatable bonds is 6. The maximum absolute atomic E-state index is 12.6. The highest BCUT2D eigenvalue weighted by Gasteiger charge is 2.30. The van der Waals surface area contributed by atoms with Crippen LogP contribution in [-0.4, -0.2) is 12.6 Å². The van der Waals surface area contributed by atoms with Crippen molar-refractivity contribution in [3.8, 4) is 5.75 Å². The van der Waals surface area contributed by atoms with Gasteiger partial charge < -0.3 is 9.47 Å². The predicted octanol–water partition coefficient (Wildman–Crippen LogP) is 4.59. The van der Waals surface area contributed by atoms with E-state index < -0.39 is 24.3 Å². The van der Waals surface area contributed by atoms with Crippen LogP contribution in [0.15, 0.2) is 48.5 Å². The third-order valence-corrected chi connectivity index (χ3v) is 3.15. The summed E-state index contributed by atoms with van der Waals surface area (Å²) in [7, 11) is 0. The van der Waals surface area contributed by atoms with Gasteiger partial charge in [0, 0.05) is 0 Å². The normalized spacial score (nSPS) is 11.4. The van der Waals surface area contributed by atoms with Gasteiger partial charge in [0.2, 0.25) is 0 Å². The Morgan fingerprint density at radius 3 is 2.28 bits per heavy atom. The molecule has 134 valence electrons. The van der Waals surface area contributed by atoms with Crippen LogP contribution in [-0.2, 0) is 28.7 Å². The summed E-state index contributed by atoms with van der Waals surface area (Å²) in [5.41, 5.74) is -0.116. The van der Waals surface area contributed by atoms with E-state index in [1.54, 1.807) is 0 Å². The lowest BCUT2D eigenvalue weighted by atomic mass is 10.1. The van der Waals surface area contributed by atoms with Crippen LogP contribution in [0.1, 0.15) is 16.7 Å².